The summed E-state index contributed by atoms with van der Waals surface area (Å²) < 4.78 is 3.15. The SMILES string of the molecule is Cc1cc(C)n(C(C)CNC(=O)Cn2cccnc2=O)n1. The lowest BCUT2D eigenvalue weighted by atomic mass is 10.3. The first-order valence-corrected chi connectivity index (χ1v) is 6.78. The second kappa shape index (κ2) is 6.34. The van der Waals surface area contributed by atoms with Crippen LogP contribution in [0.4, 0.5) is 0 Å². The van der Waals surface area contributed by atoms with Crippen LogP contribution < -0.4 is 11.0 Å². The van der Waals surface area contributed by atoms with E-state index in [0.29, 0.717) is 6.54 Å². The van der Waals surface area contributed by atoms with Gasteiger partial charge in [-0.2, -0.15) is 5.10 Å². The van der Waals surface area contributed by atoms with Gasteiger partial charge in [-0.15, -0.1) is 0 Å². The highest BCUT2D eigenvalue weighted by molar-refractivity contribution is 5.75. The zero-order chi connectivity index (χ0) is 15.4. The molecule has 112 valence electrons. The van der Waals surface area contributed by atoms with Gasteiger partial charge in [-0.3, -0.25) is 14.0 Å². The fourth-order valence-electron chi connectivity index (χ4n) is 2.16. The van der Waals surface area contributed by atoms with E-state index in [1.165, 1.54) is 10.8 Å². The van der Waals surface area contributed by atoms with E-state index >= 15 is 0 Å². The normalized spacial score (nSPS) is 12.1. The van der Waals surface area contributed by atoms with Gasteiger partial charge in [0.15, 0.2) is 0 Å². The molecule has 0 bridgehead atoms. The van der Waals surface area contributed by atoms with Gasteiger partial charge >= 0.3 is 5.69 Å². The van der Waals surface area contributed by atoms with Gasteiger partial charge in [-0.25, -0.2) is 9.78 Å². The summed E-state index contributed by atoms with van der Waals surface area (Å²) in [5, 5.41) is 7.19. The Labute approximate surface area is 122 Å². The van der Waals surface area contributed by atoms with Crippen molar-refractivity contribution in [3.63, 3.8) is 0 Å². The second-order valence-electron chi connectivity index (χ2n) is 5.05. The van der Waals surface area contributed by atoms with Gasteiger partial charge in [-0.05, 0) is 32.9 Å². The average Bonchev–Trinajstić information content (AvgIpc) is 2.78. The first-order valence-electron chi connectivity index (χ1n) is 6.78. The zero-order valence-electron chi connectivity index (χ0n) is 12.4. The fourth-order valence-corrected chi connectivity index (χ4v) is 2.16. The molecule has 21 heavy (non-hydrogen) atoms. The summed E-state index contributed by atoms with van der Waals surface area (Å²) in [6.07, 6.45) is 2.95. The molecule has 7 nitrogen and oxygen atoms in total. The number of hydrogen-bond donors (Lipinski definition) is 1. The van der Waals surface area contributed by atoms with Crippen molar-refractivity contribution in [3.05, 3.63) is 46.4 Å². The monoisotopic (exact) mass is 289 g/mol. The highest BCUT2D eigenvalue weighted by atomic mass is 16.2. The van der Waals surface area contributed by atoms with Crippen molar-refractivity contribution in [1.82, 2.24) is 24.6 Å². The zero-order valence-corrected chi connectivity index (χ0v) is 12.4. The Kier molecular flexibility index (Phi) is 4.52. The number of aromatic nitrogens is 4. The van der Waals surface area contributed by atoms with Gasteiger partial charge in [0.25, 0.3) is 0 Å². The number of aryl methyl sites for hydroxylation is 2. The van der Waals surface area contributed by atoms with E-state index in [9.17, 15) is 9.59 Å². The molecule has 0 saturated carbocycles. The molecule has 0 aliphatic heterocycles. The van der Waals surface area contributed by atoms with Crippen molar-refractivity contribution in [2.45, 2.75) is 33.4 Å². The lowest BCUT2D eigenvalue weighted by Crippen LogP contribution is -2.35. The predicted molar refractivity (Wildman–Crippen MR) is 77.9 cm³/mol. The Balaban J connectivity index is 1.91. The number of amides is 1. The van der Waals surface area contributed by atoms with Crippen molar-refractivity contribution in [1.29, 1.82) is 0 Å². The average molecular weight is 289 g/mol. The van der Waals surface area contributed by atoms with Gasteiger partial charge in [0.1, 0.15) is 6.54 Å². The summed E-state index contributed by atoms with van der Waals surface area (Å²) in [7, 11) is 0. The molecule has 1 unspecified atom stereocenters. The Morgan fingerprint density at radius 2 is 2.19 bits per heavy atom. The molecule has 0 spiro atoms. The summed E-state index contributed by atoms with van der Waals surface area (Å²) in [5.41, 5.74) is 1.57. The van der Waals surface area contributed by atoms with Crippen molar-refractivity contribution in [3.8, 4) is 0 Å². The molecule has 0 aliphatic rings. The molecule has 2 heterocycles. The summed E-state index contributed by atoms with van der Waals surface area (Å²) in [6, 6.07) is 3.66. The van der Waals surface area contributed by atoms with E-state index in [1.54, 1.807) is 12.3 Å². The standard InChI is InChI=1S/C14H19N5O2/c1-10-7-11(2)19(17-10)12(3)8-16-13(20)9-18-6-4-5-15-14(18)21/h4-7,12H,8-9H2,1-3H3,(H,16,20). The number of nitrogens with zero attached hydrogens (tertiary/aromatic N) is 4. The summed E-state index contributed by atoms with van der Waals surface area (Å²) in [5.74, 6) is -0.224. The summed E-state index contributed by atoms with van der Waals surface area (Å²) >= 11 is 0. The third-order valence-electron chi connectivity index (χ3n) is 3.15. The van der Waals surface area contributed by atoms with Crippen LogP contribution >= 0.6 is 0 Å². The summed E-state index contributed by atoms with van der Waals surface area (Å²) in [4.78, 5) is 26.9. The van der Waals surface area contributed by atoms with Crippen LogP contribution in [0.15, 0.2) is 29.3 Å². The largest absolute Gasteiger partial charge is 0.352 e. The molecule has 2 aromatic heterocycles. The van der Waals surface area contributed by atoms with E-state index in [2.05, 4.69) is 15.4 Å². The highest BCUT2D eigenvalue weighted by Crippen LogP contribution is 2.09. The molecule has 1 N–H and O–H groups in total. The molecule has 0 saturated heterocycles. The van der Waals surface area contributed by atoms with Crippen LogP contribution in [0.25, 0.3) is 0 Å². The molecule has 1 atom stereocenters. The molecule has 2 rings (SSSR count). The number of hydrogen-bond acceptors (Lipinski definition) is 4. The molecule has 0 aliphatic carbocycles. The maximum absolute atomic E-state index is 11.9. The van der Waals surface area contributed by atoms with E-state index in [4.69, 9.17) is 0 Å². The lowest BCUT2D eigenvalue weighted by Gasteiger charge is -2.15. The maximum Gasteiger partial charge on any atom is 0.347 e. The van der Waals surface area contributed by atoms with Crippen molar-refractivity contribution >= 4 is 5.91 Å². The molecule has 2 aromatic rings. The third kappa shape index (κ3) is 3.77. The highest BCUT2D eigenvalue weighted by Gasteiger charge is 2.11. The van der Waals surface area contributed by atoms with Crippen LogP contribution in [0.2, 0.25) is 0 Å². The minimum Gasteiger partial charge on any atom is -0.352 e. The van der Waals surface area contributed by atoms with Crippen molar-refractivity contribution < 1.29 is 4.79 Å². The van der Waals surface area contributed by atoms with Crippen LogP contribution in [0, 0.1) is 13.8 Å². The maximum atomic E-state index is 11.9. The minimum atomic E-state index is -0.431. The molecular formula is C14H19N5O2. The van der Waals surface area contributed by atoms with Gasteiger partial charge in [0, 0.05) is 24.6 Å². The molecule has 7 heteroatoms. The van der Waals surface area contributed by atoms with Gasteiger partial charge < -0.3 is 5.32 Å². The predicted octanol–water partition coefficient (Wildman–Crippen LogP) is 0.434. The van der Waals surface area contributed by atoms with E-state index < -0.39 is 5.69 Å². The number of carbonyl (C=O) groups excluding carboxylic acids is 1. The Morgan fingerprint density at radius 1 is 1.43 bits per heavy atom. The molecule has 1 amide bonds. The first kappa shape index (κ1) is 15.0. The van der Waals surface area contributed by atoms with Crippen LogP contribution in [-0.2, 0) is 11.3 Å². The van der Waals surface area contributed by atoms with Crippen LogP contribution in [0.1, 0.15) is 24.4 Å². The number of nitrogens with one attached hydrogen (secondary N) is 1. The number of carbonyl (C=O) groups is 1. The Hall–Kier alpha value is -2.44. The van der Waals surface area contributed by atoms with Crippen LogP contribution in [0.5, 0.6) is 0 Å². The molecule has 0 aromatic carbocycles. The van der Waals surface area contributed by atoms with E-state index in [1.807, 2.05) is 31.5 Å². The first-order chi connectivity index (χ1) is 9.97. The lowest BCUT2D eigenvalue weighted by molar-refractivity contribution is -0.121. The van der Waals surface area contributed by atoms with Gasteiger partial charge in [-0.1, -0.05) is 0 Å². The molecular weight excluding hydrogens is 270 g/mol. The Bertz CT molecular complexity index is 689. The van der Waals surface area contributed by atoms with Gasteiger partial charge in [0.05, 0.1) is 11.7 Å². The van der Waals surface area contributed by atoms with Crippen molar-refractivity contribution in [2.75, 3.05) is 6.54 Å². The summed E-state index contributed by atoms with van der Waals surface area (Å²) in [6.45, 7) is 6.32. The smallest absolute Gasteiger partial charge is 0.347 e. The van der Waals surface area contributed by atoms with Crippen molar-refractivity contribution in [2.24, 2.45) is 0 Å². The second-order valence-corrected chi connectivity index (χ2v) is 5.05. The quantitative estimate of drug-likeness (QED) is 0.865. The van der Waals surface area contributed by atoms with E-state index in [0.717, 1.165) is 11.4 Å². The topological polar surface area (TPSA) is 81.8 Å². The van der Waals surface area contributed by atoms with Crippen LogP contribution in [0.3, 0.4) is 0 Å². The van der Waals surface area contributed by atoms with E-state index in [-0.39, 0.29) is 18.5 Å². The van der Waals surface area contributed by atoms with Crippen LogP contribution in [-0.4, -0.2) is 31.8 Å². The molecule has 0 fully saturated rings. The fraction of sp³-hybridized carbons (Fsp3) is 0.429. The number of rotatable bonds is 5. The third-order valence-corrected chi connectivity index (χ3v) is 3.15. The molecule has 0 radical (unpaired) electrons. The Morgan fingerprint density at radius 3 is 2.81 bits per heavy atom. The van der Waals surface area contributed by atoms with Gasteiger partial charge in [0.2, 0.25) is 5.91 Å². The minimum absolute atomic E-state index is 0.0312.